The summed E-state index contributed by atoms with van der Waals surface area (Å²) in [4.78, 5) is 35.7. The molecule has 1 amide bonds. The molecule has 20 heavy (non-hydrogen) atoms. The summed E-state index contributed by atoms with van der Waals surface area (Å²) < 4.78 is 0. The van der Waals surface area contributed by atoms with Gasteiger partial charge >= 0.3 is 0 Å². The minimum atomic E-state index is -0.480. The van der Waals surface area contributed by atoms with Gasteiger partial charge in [-0.05, 0) is 18.8 Å². The summed E-state index contributed by atoms with van der Waals surface area (Å²) in [6.45, 7) is 3.97. The summed E-state index contributed by atoms with van der Waals surface area (Å²) in [6, 6.07) is -0.904. The van der Waals surface area contributed by atoms with Crippen molar-refractivity contribution in [2.75, 3.05) is 13.1 Å². The van der Waals surface area contributed by atoms with Gasteiger partial charge in [0.2, 0.25) is 5.91 Å². The first-order chi connectivity index (χ1) is 9.49. The molecule has 0 saturated carbocycles. The highest BCUT2D eigenvalue weighted by atomic mass is 16.2. The van der Waals surface area contributed by atoms with Crippen molar-refractivity contribution in [3.05, 3.63) is 0 Å². The first kappa shape index (κ1) is 16.8. The van der Waals surface area contributed by atoms with Crippen LogP contribution in [0.25, 0.3) is 0 Å². The van der Waals surface area contributed by atoms with Crippen molar-refractivity contribution in [1.82, 2.24) is 10.6 Å². The van der Waals surface area contributed by atoms with E-state index in [1.807, 2.05) is 13.8 Å². The molecule has 0 radical (unpaired) electrons. The van der Waals surface area contributed by atoms with E-state index in [-0.39, 0.29) is 36.5 Å². The number of nitrogens with one attached hydrogen (secondary N) is 2. The van der Waals surface area contributed by atoms with Crippen LogP contribution in [0.15, 0.2) is 0 Å². The van der Waals surface area contributed by atoms with E-state index in [1.54, 1.807) is 0 Å². The van der Waals surface area contributed by atoms with Crippen molar-refractivity contribution in [1.29, 1.82) is 0 Å². The normalized spacial score (nSPS) is 26.8. The largest absolute Gasteiger partial charge is 0.346 e. The molecule has 114 valence electrons. The Labute approximate surface area is 119 Å². The maximum absolute atomic E-state index is 12.2. The Bertz CT molecular complexity index is 371. The van der Waals surface area contributed by atoms with Gasteiger partial charge < -0.3 is 16.4 Å². The third-order valence-electron chi connectivity index (χ3n) is 3.89. The smallest absolute Gasteiger partial charge is 0.220 e. The van der Waals surface area contributed by atoms with Gasteiger partial charge in [0.1, 0.15) is 0 Å². The van der Waals surface area contributed by atoms with E-state index in [2.05, 4.69) is 10.6 Å². The molecule has 0 unspecified atom stereocenters. The average Bonchev–Trinajstić information content (AvgIpc) is 2.45. The van der Waals surface area contributed by atoms with Gasteiger partial charge in [0.25, 0.3) is 0 Å². The Morgan fingerprint density at radius 1 is 1.45 bits per heavy atom. The van der Waals surface area contributed by atoms with Crippen molar-refractivity contribution in [2.24, 2.45) is 11.7 Å². The van der Waals surface area contributed by atoms with E-state index < -0.39 is 12.1 Å². The predicted molar refractivity (Wildman–Crippen MR) is 76.1 cm³/mol. The monoisotopic (exact) mass is 283 g/mol. The van der Waals surface area contributed by atoms with Gasteiger partial charge in [-0.1, -0.05) is 20.3 Å². The Kier molecular flexibility index (Phi) is 6.81. The minimum Gasteiger partial charge on any atom is -0.346 e. The second-order valence-electron chi connectivity index (χ2n) is 5.39. The highest BCUT2D eigenvalue weighted by molar-refractivity contribution is 5.92. The molecule has 4 N–H and O–H groups in total. The second kappa shape index (κ2) is 8.11. The SMILES string of the molecule is CC[C@H](C)[C@@H]1NC(=O)CCC[C@@H](C(=O)CN)NCC1=O. The van der Waals surface area contributed by atoms with Crippen molar-refractivity contribution in [3.63, 3.8) is 0 Å². The number of nitrogens with two attached hydrogens (primary N) is 1. The Morgan fingerprint density at radius 3 is 2.75 bits per heavy atom. The summed E-state index contributed by atoms with van der Waals surface area (Å²) in [7, 11) is 0. The number of carbonyl (C=O) groups is 3. The third-order valence-corrected chi connectivity index (χ3v) is 3.89. The molecule has 1 saturated heterocycles. The molecule has 0 bridgehead atoms. The molecule has 1 aliphatic rings. The maximum Gasteiger partial charge on any atom is 0.220 e. The van der Waals surface area contributed by atoms with Crippen LogP contribution in [0.5, 0.6) is 0 Å². The average molecular weight is 283 g/mol. The highest BCUT2D eigenvalue weighted by Crippen LogP contribution is 2.11. The lowest BCUT2D eigenvalue weighted by atomic mass is 9.93. The van der Waals surface area contributed by atoms with Gasteiger partial charge in [0.15, 0.2) is 11.6 Å². The number of hydrogen-bond donors (Lipinski definition) is 3. The van der Waals surface area contributed by atoms with Crippen LogP contribution in [0.2, 0.25) is 0 Å². The van der Waals surface area contributed by atoms with E-state index in [0.29, 0.717) is 19.3 Å². The first-order valence-corrected chi connectivity index (χ1v) is 7.27. The van der Waals surface area contributed by atoms with Crippen molar-refractivity contribution in [2.45, 2.75) is 51.6 Å². The van der Waals surface area contributed by atoms with Crippen molar-refractivity contribution in [3.8, 4) is 0 Å². The summed E-state index contributed by atoms with van der Waals surface area (Å²) in [5.41, 5.74) is 5.37. The molecule has 0 spiro atoms. The molecule has 1 aliphatic heterocycles. The van der Waals surface area contributed by atoms with Crippen LogP contribution in [0, 0.1) is 5.92 Å². The first-order valence-electron chi connectivity index (χ1n) is 7.27. The topological polar surface area (TPSA) is 101 Å². The molecule has 6 heteroatoms. The molecule has 3 atom stereocenters. The molecule has 1 heterocycles. The molecule has 0 aliphatic carbocycles. The molecular weight excluding hydrogens is 258 g/mol. The number of hydrogen-bond acceptors (Lipinski definition) is 5. The zero-order chi connectivity index (χ0) is 15.1. The van der Waals surface area contributed by atoms with Crippen LogP contribution < -0.4 is 16.4 Å². The molecule has 6 nitrogen and oxygen atoms in total. The highest BCUT2D eigenvalue weighted by Gasteiger charge is 2.28. The van der Waals surface area contributed by atoms with Crippen LogP contribution >= 0.6 is 0 Å². The number of ketones is 2. The Balaban J connectivity index is 2.79. The van der Waals surface area contributed by atoms with Crippen LogP contribution in [-0.2, 0) is 14.4 Å². The third kappa shape index (κ3) is 4.68. The summed E-state index contributed by atoms with van der Waals surface area (Å²) in [6.07, 6.45) is 2.28. The molecule has 1 rings (SSSR count). The zero-order valence-electron chi connectivity index (χ0n) is 12.3. The standard InChI is InChI=1S/C14H25N3O3/c1-3-9(2)14-12(19)8-16-10(11(18)7-15)5-4-6-13(20)17-14/h9-10,14,16H,3-8,15H2,1-2H3,(H,17,20)/t9-,10-,14-/m0/s1. The van der Waals surface area contributed by atoms with Crippen LogP contribution in [-0.4, -0.2) is 42.6 Å². The minimum absolute atomic E-state index is 0.0488. The van der Waals surface area contributed by atoms with Gasteiger partial charge in [-0.3, -0.25) is 14.4 Å². The second-order valence-corrected chi connectivity index (χ2v) is 5.39. The Morgan fingerprint density at radius 2 is 2.15 bits per heavy atom. The molecule has 0 aromatic heterocycles. The van der Waals surface area contributed by atoms with E-state index >= 15 is 0 Å². The van der Waals surface area contributed by atoms with Gasteiger partial charge in [-0.15, -0.1) is 0 Å². The van der Waals surface area contributed by atoms with E-state index in [4.69, 9.17) is 5.73 Å². The lowest BCUT2D eigenvalue weighted by Gasteiger charge is -2.26. The molecule has 1 fully saturated rings. The summed E-state index contributed by atoms with van der Waals surface area (Å²) in [5, 5.41) is 5.79. The predicted octanol–water partition coefficient (Wildman–Crippen LogP) is -0.244. The maximum atomic E-state index is 12.2. The number of amides is 1. The van der Waals surface area contributed by atoms with Crippen LogP contribution in [0.4, 0.5) is 0 Å². The van der Waals surface area contributed by atoms with Gasteiger partial charge in [0, 0.05) is 6.42 Å². The van der Waals surface area contributed by atoms with E-state index in [0.717, 1.165) is 6.42 Å². The van der Waals surface area contributed by atoms with E-state index in [1.165, 1.54) is 0 Å². The quantitative estimate of drug-likeness (QED) is 0.661. The fourth-order valence-electron chi connectivity index (χ4n) is 2.34. The summed E-state index contributed by atoms with van der Waals surface area (Å²) >= 11 is 0. The van der Waals surface area contributed by atoms with E-state index in [9.17, 15) is 14.4 Å². The zero-order valence-corrected chi connectivity index (χ0v) is 12.3. The lowest BCUT2D eigenvalue weighted by molar-refractivity contribution is -0.129. The summed E-state index contributed by atoms with van der Waals surface area (Å²) in [5.74, 6) is -0.232. The molecule has 0 aromatic carbocycles. The van der Waals surface area contributed by atoms with Crippen LogP contribution in [0.1, 0.15) is 39.5 Å². The van der Waals surface area contributed by atoms with Gasteiger partial charge in [0.05, 0.1) is 25.2 Å². The fraction of sp³-hybridized carbons (Fsp3) is 0.786. The number of Topliss-reactive ketones (excluding diaryl/α,β-unsaturated/α-hetero) is 2. The Hall–Kier alpha value is -1.27. The van der Waals surface area contributed by atoms with Crippen molar-refractivity contribution >= 4 is 17.5 Å². The lowest BCUT2D eigenvalue weighted by Crippen LogP contribution is -2.51. The van der Waals surface area contributed by atoms with Gasteiger partial charge in [-0.2, -0.15) is 0 Å². The molecule has 0 aromatic rings. The number of rotatable bonds is 4. The van der Waals surface area contributed by atoms with Crippen molar-refractivity contribution < 1.29 is 14.4 Å². The fourth-order valence-corrected chi connectivity index (χ4v) is 2.34. The van der Waals surface area contributed by atoms with Crippen LogP contribution in [0.3, 0.4) is 0 Å². The number of carbonyl (C=O) groups excluding carboxylic acids is 3. The van der Waals surface area contributed by atoms with Gasteiger partial charge in [-0.25, -0.2) is 0 Å². The molecular formula is C14H25N3O3.